The van der Waals surface area contributed by atoms with Crippen molar-refractivity contribution in [3.8, 4) is 11.1 Å². The number of benzene rings is 1. The molecule has 7 heteroatoms. The van der Waals surface area contributed by atoms with E-state index in [1.54, 1.807) is 24.6 Å². The van der Waals surface area contributed by atoms with Crippen LogP contribution in [-0.2, 0) is 17.8 Å². The maximum Gasteiger partial charge on any atom is 0.227 e. The molecule has 3 aromatic heterocycles. The molecule has 146 valence electrons. The van der Waals surface area contributed by atoms with Crippen LogP contribution in [0.15, 0.2) is 54.7 Å². The molecule has 0 fully saturated rings. The van der Waals surface area contributed by atoms with Gasteiger partial charge in [-0.15, -0.1) is 11.3 Å². The molecule has 29 heavy (non-hydrogen) atoms. The largest absolute Gasteiger partial charge is 0.364 e. The Morgan fingerprint density at radius 3 is 2.59 bits per heavy atom. The van der Waals surface area contributed by atoms with Gasteiger partial charge in [-0.3, -0.25) is 9.78 Å². The summed E-state index contributed by atoms with van der Waals surface area (Å²) >= 11 is 1.62. The Hall–Kier alpha value is -3.32. The number of aromatic nitrogens is 3. The van der Waals surface area contributed by atoms with E-state index in [1.807, 2.05) is 36.4 Å². The number of rotatable bonds is 6. The van der Waals surface area contributed by atoms with Crippen LogP contribution in [0.1, 0.15) is 16.4 Å². The molecule has 0 unspecified atom stereocenters. The van der Waals surface area contributed by atoms with Crippen molar-refractivity contribution < 1.29 is 4.79 Å². The van der Waals surface area contributed by atoms with Gasteiger partial charge in [-0.1, -0.05) is 36.4 Å². The highest BCUT2D eigenvalue weighted by Crippen LogP contribution is 2.40. The lowest BCUT2D eigenvalue weighted by Crippen LogP contribution is -2.21. The Bertz CT molecular complexity index is 1140. The molecule has 0 aliphatic heterocycles. The lowest BCUT2D eigenvalue weighted by molar-refractivity contribution is -0.120. The summed E-state index contributed by atoms with van der Waals surface area (Å²) in [6, 6.07) is 16.1. The number of thiophene rings is 1. The first-order valence-corrected chi connectivity index (χ1v) is 10.2. The summed E-state index contributed by atoms with van der Waals surface area (Å²) in [4.78, 5) is 27.7. The summed E-state index contributed by atoms with van der Waals surface area (Å²) < 4.78 is 0. The van der Waals surface area contributed by atoms with Gasteiger partial charge in [-0.2, -0.15) is 0 Å². The molecule has 0 saturated carbocycles. The lowest BCUT2D eigenvalue weighted by atomic mass is 10.0. The molecule has 0 radical (unpaired) electrons. The summed E-state index contributed by atoms with van der Waals surface area (Å²) in [5.41, 5.74) is 3.17. The minimum Gasteiger partial charge on any atom is -0.364 e. The molecular formula is C22H21N5OS. The number of amides is 1. The van der Waals surface area contributed by atoms with Crippen LogP contribution in [0.4, 0.5) is 5.82 Å². The number of likely N-dealkylation sites (N-methyl/N-ethyl adjacent to an activating group) is 1. The van der Waals surface area contributed by atoms with Gasteiger partial charge in [-0.25, -0.2) is 9.97 Å². The third-order valence-electron chi connectivity index (χ3n) is 4.60. The fourth-order valence-electron chi connectivity index (χ4n) is 3.22. The topological polar surface area (TPSA) is 79.8 Å². The van der Waals surface area contributed by atoms with Crippen molar-refractivity contribution in [3.05, 3.63) is 71.1 Å². The Labute approximate surface area is 173 Å². The number of fused-ring (bicyclic) bond motifs is 1. The molecule has 6 nitrogen and oxygen atoms in total. The van der Waals surface area contributed by atoms with E-state index in [4.69, 9.17) is 4.98 Å². The molecule has 0 aliphatic carbocycles. The first-order chi connectivity index (χ1) is 14.2. The van der Waals surface area contributed by atoms with Crippen LogP contribution in [0.25, 0.3) is 21.3 Å². The standard InChI is InChI=1S/C22H21N5OS/c1-14-19(15-8-4-3-5-9-15)20-21(25-13-16-10-6-7-11-24-16)26-17(12-18(28)23-2)27-22(20)29-14/h3-11H,12-13H2,1-2H3,(H,23,28)(H,25,26,27). The van der Waals surface area contributed by atoms with Crippen LogP contribution in [-0.4, -0.2) is 27.9 Å². The molecule has 1 amide bonds. The van der Waals surface area contributed by atoms with Gasteiger partial charge in [0.2, 0.25) is 5.91 Å². The third-order valence-corrected chi connectivity index (χ3v) is 5.60. The van der Waals surface area contributed by atoms with Crippen LogP contribution in [0.2, 0.25) is 0 Å². The number of hydrogen-bond acceptors (Lipinski definition) is 6. The van der Waals surface area contributed by atoms with E-state index < -0.39 is 0 Å². The predicted octanol–water partition coefficient (Wildman–Crippen LogP) is 3.96. The second-order valence-corrected chi connectivity index (χ2v) is 7.80. The van der Waals surface area contributed by atoms with Gasteiger partial charge in [-0.05, 0) is 24.6 Å². The van der Waals surface area contributed by atoms with E-state index in [9.17, 15) is 4.79 Å². The Morgan fingerprint density at radius 1 is 1.07 bits per heavy atom. The summed E-state index contributed by atoms with van der Waals surface area (Å²) in [7, 11) is 1.61. The van der Waals surface area contributed by atoms with Gasteiger partial charge in [0, 0.05) is 23.7 Å². The van der Waals surface area contributed by atoms with E-state index in [0.29, 0.717) is 12.4 Å². The molecular weight excluding hydrogens is 382 g/mol. The fraction of sp³-hybridized carbons (Fsp3) is 0.182. The summed E-state index contributed by atoms with van der Waals surface area (Å²) in [5.74, 6) is 1.11. The predicted molar refractivity (Wildman–Crippen MR) is 117 cm³/mol. The molecule has 1 aromatic carbocycles. The molecule has 0 spiro atoms. The fourth-order valence-corrected chi connectivity index (χ4v) is 4.29. The smallest absolute Gasteiger partial charge is 0.227 e. The normalized spacial score (nSPS) is 10.8. The minimum absolute atomic E-state index is 0.114. The van der Waals surface area contributed by atoms with Crippen LogP contribution < -0.4 is 10.6 Å². The molecule has 4 rings (SSSR count). The first kappa shape index (κ1) is 19.0. The minimum atomic E-state index is -0.114. The molecule has 3 heterocycles. The average molecular weight is 404 g/mol. The van der Waals surface area contributed by atoms with Gasteiger partial charge >= 0.3 is 0 Å². The van der Waals surface area contributed by atoms with E-state index in [1.165, 1.54) is 4.88 Å². The monoisotopic (exact) mass is 403 g/mol. The van der Waals surface area contributed by atoms with Crippen molar-refractivity contribution in [2.24, 2.45) is 0 Å². The highest BCUT2D eigenvalue weighted by molar-refractivity contribution is 7.19. The second kappa shape index (κ2) is 8.36. The van der Waals surface area contributed by atoms with Crippen LogP contribution in [0.3, 0.4) is 0 Å². The quantitative estimate of drug-likeness (QED) is 0.509. The molecule has 0 aliphatic rings. The van der Waals surface area contributed by atoms with Gasteiger partial charge in [0.1, 0.15) is 16.5 Å². The Morgan fingerprint density at radius 2 is 1.86 bits per heavy atom. The zero-order chi connectivity index (χ0) is 20.2. The van der Waals surface area contributed by atoms with Crippen molar-refractivity contribution in [2.45, 2.75) is 19.9 Å². The van der Waals surface area contributed by atoms with E-state index in [-0.39, 0.29) is 12.3 Å². The molecule has 0 atom stereocenters. The highest BCUT2D eigenvalue weighted by Gasteiger charge is 2.19. The van der Waals surface area contributed by atoms with Gasteiger partial charge < -0.3 is 10.6 Å². The zero-order valence-corrected chi connectivity index (χ0v) is 17.1. The van der Waals surface area contributed by atoms with Crippen LogP contribution >= 0.6 is 11.3 Å². The number of pyridine rings is 1. The number of anilines is 1. The molecule has 0 bridgehead atoms. The number of hydrogen-bond donors (Lipinski definition) is 2. The summed E-state index contributed by atoms with van der Waals surface area (Å²) in [5, 5.41) is 7.04. The lowest BCUT2D eigenvalue weighted by Gasteiger charge is -2.11. The first-order valence-electron chi connectivity index (χ1n) is 9.35. The number of nitrogens with zero attached hydrogens (tertiary/aromatic N) is 3. The SMILES string of the molecule is CNC(=O)Cc1nc(NCc2ccccn2)c2c(-c3ccccc3)c(C)sc2n1. The van der Waals surface area contributed by atoms with Gasteiger partial charge in [0.25, 0.3) is 0 Å². The Kier molecular flexibility index (Phi) is 5.48. The van der Waals surface area contributed by atoms with E-state index in [2.05, 4.69) is 39.7 Å². The van der Waals surface area contributed by atoms with Crippen molar-refractivity contribution in [1.29, 1.82) is 0 Å². The second-order valence-electron chi connectivity index (χ2n) is 6.59. The van der Waals surface area contributed by atoms with E-state index in [0.717, 1.165) is 32.9 Å². The van der Waals surface area contributed by atoms with Gasteiger partial charge in [0.05, 0.1) is 24.0 Å². The number of nitrogens with one attached hydrogen (secondary N) is 2. The van der Waals surface area contributed by atoms with Gasteiger partial charge in [0.15, 0.2) is 0 Å². The van der Waals surface area contributed by atoms with Crippen LogP contribution in [0.5, 0.6) is 0 Å². The highest BCUT2D eigenvalue weighted by atomic mass is 32.1. The zero-order valence-electron chi connectivity index (χ0n) is 16.3. The van der Waals surface area contributed by atoms with Crippen molar-refractivity contribution in [3.63, 3.8) is 0 Å². The molecule has 0 saturated heterocycles. The molecule has 2 N–H and O–H groups in total. The van der Waals surface area contributed by atoms with E-state index >= 15 is 0 Å². The molecule has 4 aromatic rings. The van der Waals surface area contributed by atoms with Crippen molar-refractivity contribution in [1.82, 2.24) is 20.3 Å². The Balaban J connectivity index is 1.82. The van der Waals surface area contributed by atoms with Crippen LogP contribution in [0, 0.1) is 6.92 Å². The summed E-state index contributed by atoms with van der Waals surface area (Å²) in [6.45, 7) is 2.63. The third kappa shape index (κ3) is 4.09. The number of aryl methyl sites for hydroxylation is 1. The van der Waals surface area contributed by atoms with Crippen molar-refractivity contribution >= 4 is 33.3 Å². The summed E-state index contributed by atoms with van der Waals surface area (Å²) in [6.07, 6.45) is 1.91. The maximum absolute atomic E-state index is 11.9. The number of carbonyl (C=O) groups excluding carboxylic acids is 1. The van der Waals surface area contributed by atoms with Crippen molar-refractivity contribution in [2.75, 3.05) is 12.4 Å². The maximum atomic E-state index is 11.9. The number of carbonyl (C=O) groups is 1. The average Bonchev–Trinajstić information content (AvgIpc) is 3.09.